The molecule has 2 aromatic heterocycles. The standard InChI is InChI=1S/C57H38N2/c1-2-14-42-36-57(35-41(42)13-1)51-33-39(37-15-11-17-43(31-37)58-53-23-7-3-19-47(53)48-20-4-8-24-54(48)58)27-29-45(51)46-30-28-40(34-52(46)57)38-16-12-18-44(32-38)59-55-25-9-5-21-49(55)50-22-6-10-26-56(50)59/h1-34H,35-36H2. The molecule has 0 amide bonds. The third kappa shape index (κ3) is 4.69. The van der Waals surface area contributed by atoms with Crippen LogP contribution >= 0.6 is 0 Å². The number of fused-ring (bicyclic) bond motifs is 12. The van der Waals surface area contributed by atoms with Crippen LogP contribution in [0.25, 0.3) is 88.4 Å². The lowest BCUT2D eigenvalue weighted by Crippen LogP contribution is -2.26. The molecule has 276 valence electrons. The minimum absolute atomic E-state index is 0.144. The van der Waals surface area contributed by atoms with E-state index in [1.165, 1.54) is 111 Å². The second-order valence-corrected chi connectivity index (χ2v) is 16.6. The molecule has 9 aromatic carbocycles. The first-order valence-corrected chi connectivity index (χ1v) is 20.8. The Bertz CT molecular complexity index is 3180. The number of hydrogen-bond donors (Lipinski definition) is 0. The average molecular weight is 751 g/mol. The molecule has 2 aliphatic carbocycles. The largest absolute Gasteiger partial charge is 0.309 e. The molecule has 0 unspecified atom stereocenters. The fourth-order valence-electron chi connectivity index (χ4n) is 10.9. The molecule has 0 saturated heterocycles. The van der Waals surface area contributed by atoms with Crippen LogP contribution in [-0.2, 0) is 18.3 Å². The normalized spacial score (nSPS) is 13.8. The fourth-order valence-corrected chi connectivity index (χ4v) is 10.9. The van der Waals surface area contributed by atoms with Gasteiger partial charge in [0.15, 0.2) is 0 Å². The van der Waals surface area contributed by atoms with Crippen molar-refractivity contribution in [2.24, 2.45) is 0 Å². The highest BCUT2D eigenvalue weighted by atomic mass is 15.0. The topological polar surface area (TPSA) is 9.86 Å². The van der Waals surface area contributed by atoms with E-state index in [0.29, 0.717) is 0 Å². The van der Waals surface area contributed by atoms with Crippen molar-refractivity contribution in [2.75, 3.05) is 0 Å². The summed E-state index contributed by atoms with van der Waals surface area (Å²) in [5.41, 5.74) is 20.7. The van der Waals surface area contributed by atoms with E-state index in [-0.39, 0.29) is 5.41 Å². The van der Waals surface area contributed by atoms with Gasteiger partial charge < -0.3 is 9.13 Å². The van der Waals surface area contributed by atoms with Gasteiger partial charge in [0.1, 0.15) is 0 Å². The summed E-state index contributed by atoms with van der Waals surface area (Å²) in [7, 11) is 0. The Morgan fingerprint density at radius 1 is 0.305 bits per heavy atom. The summed E-state index contributed by atoms with van der Waals surface area (Å²) >= 11 is 0. The van der Waals surface area contributed by atoms with E-state index >= 15 is 0 Å². The summed E-state index contributed by atoms with van der Waals surface area (Å²) in [4.78, 5) is 0. The minimum Gasteiger partial charge on any atom is -0.309 e. The highest BCUT2D eigenvalue weighted by Crippen LogP contribution is 2.57. The molecule has 0 aliphatic heterocycles. The van der Waals surface area contributed by atoms with Crippen molar-refractivity contribution < 1.29 is 0 Å². The SMILES string of the molecule is c1cc(-c2ccc3c(c2)C2(Cc4ccccc4C2)c2cc(-c4cccc(-n5c6ccccc6c6ccccc65)c4)ccc2-3)cc(-n2c3ccccc3c3ccccc32)c1. The van der Waals surface area contributed by atoms with Crippen LogP contribution in [0.2, 0.25) is 0 Å². The molecule has 0 bridgehead atoms. The molecule has 59 heavy (non-hydrogen) atoms. The van der Waals surface area contributed by atoms with E-state index in [1.807, 2.05) is 0 Å². The Balaban J connectivity index is 0.946. The second kappa shape index (κ2) is 12.3. The van der Waals surface area contributed by atoms with E-state index in [2.05, 4.69) is 215 Å². The molecular formula is C57H38N2. The zero-order valence-corrected chi connectivity index (χ0v) is 32.4. The third-order valence-corrected chi connectivity index (χ3v) is 13.5. The molecule has 13 rings (SSSR count). The third-order valence-electron chi connectivity index (χ3n) is 13.5. The molecule has 0 radical (unpaired) electrons. The number of hydrogen-bond acceptors (Lipinski definition) is 0. The van der Waals surface area contributed by atoms with Gasteiger partial charge in [-0.15, -0.1) is 0 Å². The number of para-hydroxylation sites is 4. The Morgan fingerprint density at radius 2 is 0.661 bits per heavy atom. The summed E-state index contributed by atoms with van der Waals surface area (Å²) in [5.74, 6) is 0. The van der Waals surface area contributed by atoms with Crippen molar-refractivity contribution in [3.05, 3.63) is 229 Å². The van der Waals surface area contributed by atoms with Crippen molar-refractivity contribution in [3.8, 4) is 44.8 Å². The van der Waals surface area contributed by atoms with Crippen LogP contribution in [0, 0.1) is 0 Å². The van der Waals surface area contributed by atoms with E-state index in [0.717, 1.165) is 12.8 Å². The predicted octanol–water partition coefficient (Wildman–Crippen LogP) is 14.3. The first kappa shape index (κ1) is 32.6. The van der Waals surface area contributed by atoms with Crippen LogP contribution in [-0.4, -0.2) is 9.13 Å². The maximum Gasteiger partial charge on any atom is 0.0541 e. The highest BCUT2D eigenvalue weighted by molar-refractivity contribution is 6.10. The van der Waals surface area contributed by atoms with Gasteiger partial charge in [-0.3, -0.25) is 0 Å². The molecule has 2 heterocycles. The van der Waals surface area contributed by atoms with Crippen molar-refractivity contribution in [1.29, 1.82) is 0 Å². The lowest BCUT2D eigenvalue weighted by Gasteiger charge is -2.28. The van der Waals surface area contributed by atoms with E-state index in [9.17, 15) is 0 Å². The zero-order chi connectivity index (χ0) is 38.7. The van der Waals surface area contributed by atoms with Crippen LogP contribution < -0.4 is 0 Å². The van der Waals surface area contributed by atoms with E-state index in [4.69, 9.17) is 0 Å². The van der Waals surface area contributed by atoms with Crippen LogP contribution in [0.15, 0.2) is 206 Å². The van der Waals surface area contributed by atoms with Gasteiger partial charge in [-0.25, -0.2) is 0 Å². The van der Waals surface area contributed by atoms with Crippen molar-refractivity contribution in [1.82, 2.24) is 9.13 Å². The lowest BCUT2D eigenvalue weighted by atomic mass is 9.74. The smallest absolute Gasteiger partial charge is 0.0541 e. The molecule has 0 saturated carbocycles. The molecule has 0 N–H and O–H groups in total. The molecule has 0 fully saturated rings. The quantitative estimate of drug-likeness (QED) is 0.170. The van der Waals surface area contributed by atoms with Gasteiger partial charge in [0, 0.05) is 38.3 Å². The Hall–Kier alpha value is -7.42. The summed E-state index contributed by atoms with van der Waals surface area (Å²) in [6, 6.07) is 77.0. The van der Waals surface area contributed by atoms with Gasteiger partial charge in [0.05, 0.1) is 22.1 Å². The monoisotopic (exact) mass is 750 g/mol. The molecule has 2 nitrogen and oxygen atoms in total. The van der Waals surface area contributed by atoms with Crippen molar-refractivity contribution in [3.63, 3.8) is 0 Å². The molecule has 2 heteroatoms. The van der Waals surface area contributed by atoms with Gasteiger partial charge in [0.2, 0.25) is 0 Å². The molecular weight excluding hydrogens is 713 g/mol. The number of nitrogens with zero attached hydrogens (tertiary/aromatic N) is 2. The van der Waals surface area contributed by atoms with Gasteiger partial charge in [-0.1, -0.05) is 146 Å². The van der Waals surface area contributed by atoms with E-state index in [1.54, 1.807) is 0 Å². The summed E-state index contributed by atoms with van der Waals surface area (Å²) < 4.78 is 4.84. The molecule has 2 aliphatic rings. The van der Waals surface area contributed by atoms with Crippen LogP contribution in [0.1, 0.15) is 22.3 Å². The van der Waals surface area contributed by atoms with E-state index < -0.39 is 0 Å². The summed E-state index contributed by atoms with van der Waals surface area (Å²) in [6.45, 7) is 0. The molecule has 11 aromatic rings. The van der Waals surface area contributed by atoms with Gasteiger partial charge in [0.25, 0.3) is 0 Å². The number of aromatic nitrogens is 2. The van der Waals surface area contributed by atoms with Crippen molar-refractivity contribution >= 4 is 43.6 Å². The summed E-state index contributed by atoms with van der Waals surface area (Å²) in [5, 5.41) is 5.13. The first-order valence-electron chi connectivity index (χ1n) is 20.8. The lowest BCUT2D eigenvalue weighted by molar-refractivity contribution is 0.564. The van der Waals surface area contributed by atoms with Crippen LogP contribution in [0.3, 0.4) is 0 Å². The maximum atomic E-state index is 2.52. The summed E-state index contributed by atoms with van der Waals surface area (Å²) in [6.07, 6.45) is 2.00. The van der Waals surface area contributed by atoms with Crippen molar-refractivity contribution in [2.45, 2.75) is 18.3 Å². The van der Waals surface area contributed by atoms with Gasteiger partial charge in [-0.2, -0.15) is 0 Å². The number of benzene rings is 9. The van der Waals surface area contributed by atoms with Crippen LogP contribution in [0.5, 0.6) is 0 Å². The molecule has 1 spiro atoms. The average Bonchev–Trinajstić information content (AvgIpc) is 4.03. The Labute approximate surface area is 342 Å². The fraction of sp³-hybridized carbons (Fsp3) is 0.0526. The maximum absolute atomic E-state index is 2.52. The Kier molecular flexibility index (Phi) is 6.80. The number of rotatable bonds is 4. The van der Waals surface area contributed by atoms with Gasteiger partial charge in [-0.05, 0) is 129 Å². The predicted molar refractivity (Wildman–Crippen MR) is 246 cm³/mol. The Morgan fingerprint density at radius 3 is 1.07 bits per heavy atom. The van der Waals surface area contributed by atoms with Crippen LogP contribution in [0.4, 0.5) is 0 Å². The second-order valence-electron chi connectivity index (χ2n) is 16.6. The minimum atomic E-state index is -0.144. The molecule has 0 atom stereocenters. The highest BCUT2D eigenvalue weighted by Gasteiger charge is 2.47. The zero-order valence-electron chi connectivity index (χ0n) is 32.4. The first-order chi connectivity index (χ1) is 29.2. The van der Waals surface area contributed by atoms with Gasteiger partial charge >= 0.3 is 0 Å².